The van der Waals surface area contributed by atoms with Crippen molar-refractivity contribution in [1.29, 1.82) is 0 Å². The van der Waals surface area contributed by atoms with Gasteiger partial charge in [-0.3, -0.25) is 14.5 Å². The van der Waals surface area contributed by atoms with Crippen LogP contribution in [0.25, 0.3) is 10.8 Å². The van der Waals surface area contributed by atoms with Crippen LogP contribution in [0.1, 0.15) is 0 Å². The van der Waals surface area contributed by atoms with Crippen LogP contribution in [0.3, 0.4) is 0 Å². The van der Waals surface area contributed by atoms with Gasteiger partial charge in [-0.05, 0) is 29.1 Å². The zero-order valence-corrected chi connectivity index (χ0v) is 15.7. The van der Waals surface area contributed by atoms with Crippen LogP contribution in [-0.2, 0) is 20.2 Å². The lowest BCUT2D eigenvalue weighted by atomic mass is 10.1. The first kappa shape index (κ1) is 20.2. The van der Waals surface area contributed by atoms with Crippen LogP contribution in [0.5, 0.6) is 11.5 Å². The van der Waals surface area contributed by atoms with Gasteiger partial charge in [0.15, 0.2) is 5.75 Å². The number of hydrogen-bond acceptors (Lipinski definition) is 11. The number of nitrogens with zero attached hydrogens (tertiary/aromatic N) is 3. The van der Waals surface area contributed by atoms with Crippen LogP contribution < -0.4 is 10.9 Å². The van der Waals surface area contributed by atoms with Crippen LogP contribution >= 0.6 is 11.6 Å². The Morgan fingerprint density at radius 3 is 2.29 bits per heavy atom. The molecule has 1 heterocycles. The van der Waals surface area contributed by atoms with Crippen molar-refractivity contribution in [3.8, 4) is 11.5 Å². The first-order chi connectivity index (χ1) is 12.9. The molecular weight excluding hydrogens is 442 g/mol. The predicted molar refractivity (Wildman–Crippen MR) is 94.8 cm³/mol. The van der Waals surface area contributed by atoms with Gasteiger partial charge in [-0.15, -0.1) is 10.2 Å². The number of aliphatic imine (C=N–C) groups is 1. The topological polar surface area (TPSA) is 210 Å². The third kappa shape index (κ3) is 3.84. The van der Waals surface area contributed by atoms with Crippen molar-refractivity contribution in [3.63, 3.8) is 0 Å². The molecule has 0 saturated carbocycles. The summed E-state index contributed by atoms with van der Waals surface area (Å²) in [4.78, 5) is 2.00. The van der Waals surface area contributed by atoms with E-state index in [2.05, 4.69) is 26.1 Å². The molecule has 0 aliphatic carbocycles. The molecule has 2 aromatic rings. The molecule has 6 N–H and O–H groups in total. The minimum absolute atomic E-state index is 0.0583. The maximum absolute atomic E-state index is 11.7. The van der Waals surface area contributed by atoms with Gasteiger partial charge in [0.2, 0.25) is 11.6 Å². The normalized spacial score (nSPS) is 17.8. The third-order valence-corrected chi connectivity index (χ3v) is 5.38. The molecule has 0 amide bonds. The Morgan fingerprint density at radius 1 is 1.07 bits per heavy atom. The Morgan fingerprint density at radius 2 is 1.75 bits per heavy atom. The van der Waals surface area contributed by atoms with Gasteiger partial charge in [-0.1, -0.05) is 0 Å². The van der Waals surface area contributed by atoms with Gasteiger partial charge in [0, 0.05) is 6.07 Å². The van der Waals surface area contributed by atoms with E-state index in [9.17, 15) is 31.6 Å². The fraction of sp³-hybridized carbons (Fsp3) is 0.0833. The summed E-state index contributed by atoms with van der Waals surface area (Å²) >= 11 is 5.56. The second-order valence-electron chi connectivity index (χ2n) is 5.34. The van der Waals surface area contributed by atoms with E-state index in [1.165, 1.54) is 0 Å². The smallest absolute Gasteiger partial charge is 0.296 e. The molecule has 2 aromatic carbocycles. The first-order valence-electron chi connectivity index (χ1n) is 7.01. The van der Waals surface area contributed by atoms with E-state index in [1.54, 1.807) is 0 Å². The summed E-state index contributed by atoms with van der Waals surface area (Å²) < 4.78 is 64.5. The minimum atomic E-state index is -4.97. The van der Waals surface area contributed by atoms with Gasteiger partial charge in [-0.25, -0.2) is 4.99 Å². The van der Waals surface area contributed by atoms with E-state index >= 15 is 0 Å². The predicted octanol–water partition coefficient (Wildman–Crippen LogP) is 0.814. The Hall–Kier alpha value is -2.56. The number of azo groups is 1. The van der Waals surface area contributed by atoms with E-state index in [1.807, 2.05) is 0 Å². The first-order valence-corrected chi connectivity index (χ1v) is 10.3. The maximum atomic E-state index is 11.7. The number of fused-ring (bicyclic) bond motifs is 1. The molecule has 0 spiro atoms. The summed E-state index contributed by atoms with van der Waals surface area (Å²) in [6.45, 7) is 0. The Kier molecular flexibility index (Phi) is 4.90. The molecule has 1 unspecified atom stereocenters. The third-order valence-electron chi connectivity index (χ3n) is 3.49. The van der Waals surface area contributed by atoms with E-state index in [4.69, 9.17) is 16.2 Å². The van der Waals surface area contributed by atoms with E-state index < -0.39 is 58.9 Å². The zero-order valence-electron chi connectivity index (χ0n) is 13.3. The lowest BCUT2D eigenvalue weighted by Crippen LogP contribution is -2.32. The molecule has 3 rings (SSSR count). The van der Waals surface area contributed by atoms with E-state index in [0.29, 0.717) is 6.07 Å². The van der Waals surface area contributed by atoms with Crippen molar-refractivity contribution < 1.29 is 36.2 Å². The molecule has 0 fully saturated rings. The number of hydrazine groups is 1. The Bertz CT molecular complexity index is 1260. The fourth-order valence-corrected chi connectivity index (χ4v) is 3.68. The Balaban J connectivity index is 2.30. The van der Waals surface area contributed by atoms with Crippen molar-refractivity contribution in [3.05, 3.63) is 18.2 Å². The SMILES string of the molecule is O=S(=O)(O)c1cc(O)c2c(O)c(N=NC3N=C(Cl)NN3)c(S(=O)(=O)O)cc2c1. The number of nitrogens with one attached hydrogen (secondary N) is 2. The summed E-state index contributed by atoms with van der Waals surface area (Å²) in [5, 5.41) is 26.8. The summed E-state index contributed by atoms with van der Waals surface area (Å²) in [7, 11) is -9.72. The van der Waals surface area contributed by atoms with Crippen molar-refractivity contribution in [2.75, 3.05) is 0 Å². The number of halogens is 1. The summed E-state index contributed by atoms with van der Waals surface area (Å²) in [6, 6.07) is 2.16. The van der Waals surface area contributed by atoms with Crippen LogP contribution in [0.15, 0.2) is 43.2 Å². The number of aromatic hydroxyl groups is 2. The quantitative estimate of drug-likeness (QED) is 0.218. The van der Waals surface area contributed by atoms with Gasteiger partial charge in [0.1, 0.15) is 16.3 Å². The molecule has 13 nitrogen and oxygen atoms in total. The fourth-order valence-electron chi connectivity index (χ4n) is 2.34. The molecule has 16 heteroatoms. The molecule has 1 aliphatic heterocycles. The largest absolute Gasteiger partial charge is 0.507 e. The van der Waals surface area contributed by atoms with Crippen LogP contribution in [0.4, 0.5) is 5.69 Å². The highest BCUT2D eigenvalue weighted by Gasteiger charge is 2.25. The second kappa shape index (κ2) is 6.80. The molecule has 1 aliphatic rings. The molecule has 0 radical (unpaired) electrons. The van der Waals surface area contributed by atoms with Gasteiger partial charge < -0.3 is 10.2 Å². The number of phenolic OH excluding ortho intramolecular Hbond substituents is 2. The van der Waals surface area contributed by atoms with E-state index in [-0.39, 0.29) is 10.7 Å². The highest BCUT2D eigenvalue weighted by atomic mass is 35.5. The second-order valence-corrected chi connectivity index (χ2v) is 8.51. The molecule has 28 heavy (non-hydrogen) atoms. The van der Waals surface area contributed by atoms with Crippen LogP contribution in [0, 0.1) is 0 Å². The molecule has 0 bridgehead atoms. The molecule has 150 valence electrons. The number of benzene rings is 2. The Labute approximate surface area is 161 Å². The molecular formula is C12H10ClN5O8S2. The summed E-state index contributed by atoms with van der Waals surface area (Å²) in [5.41, 5.74) is 4.08. The highest BCUT2D eigenvalue weighted by Crippen LogP contribution is 2.45. The van der Waals surface area contributed by atoms with Crippen molar-refractivity contribution >= 4 is 53.6 Å². The minimum Gasteiger partial charge on any atom is -0.507 e. The van der Waals surface area contributed by atoms with Crippen molar-refractivity contribution in [1.82, 2.24) is 10.9 Å². The summed E-state index contributed by atoms with van der Waals surface area (Å²) in [6.07, 6.45) is -1.08. The number of phenols is 2. The average Bonchev–Trinajstić information content (AvgIpc) is 2.96. The van der Waals surface area contributed by atoms with Crippen LogP contribution in [0.2, 0.25) is 0 Å². The monoisotopic (exact) mass is 451 g/mol. The molecule has 1 atom stereocenters. The van der Waals surface area contributed by atoms with Crippen molar-refractivity contribution in [2.24, 2.45) is 15.2 Å². The average molecular weight is 452 g/mol. The number of rotatable bonds is 4. The zero-order chi connectivity index (χ0) is 20.9. The standard InChI is InChI=1S/C12H10ClN5O8S2/c13-11-14-12(18-16-11)17-15-9-7(28(24,25)26)2-4-1-5(27(21,22)23)3-6(19)8(4)10(9)20/h1-3,12,18-20H,(H,14,16)(H,21,22,23)(H,24,25,26). The van der Waals surface area contributed by atoms with Crippen LogP contribution in [-0.4, -0.2) is 47.7 Å². The van der Waals surface area contributed by atoms with E-state index in [0.717, 1.165) is 12.1 Å². The number of amidine groups is 1. The van der Waals surface area contributed by atoms with Gasteiger partial charge in [0.25, 0.3) is 20.2 Å². The van der Waals surface area contributed by atoms with Gasteiger partial charge in [0.05, 0.1) is 10.3 Å². The lowest BCUT2D eigenvalue weighted by molar-refractivity contribution is 0.456. The van der Waals surface area contributed by atoms with Crippen molar-refractivity contribution in [2.45, 2.75) is 16.1 Å². The molecule has 0 aromatic heterocycles. The van der Waals surface area contributed by atoms with Gasteiger partial charge >= 0.3 is 0 Å². The molecule has 0 saturated heterocycles. The summed E-state index contributed by atoms with van der Waals surface area (Å²) in [5.74, 6) is -1.73. The van der Waals surface area contributed by atoms with Gasteiger partial charge in [-0.2, -0.15) is 22.3 Å². The number of hydrogen-bond donors (Lipinski definition) is 6. The lowest BCUT2D eigenvalue weighted by Gasteiger charge is -2.11. The highest BCUT2D eigenvalue weighted by molar-refractivity contribution is 7.86. The maximum Gasteiger partial charge on any atom is 0.296 e.